The lowest BCUT2D eigenvalue weighted by molar-refractivity contribution is 0.242. The van der Waals surface area contributed by atoms with E-state index in [4.69, 9.17) is 92.0 Å². The van der Waals surface area contributed by atoms with Gasteiger partial charge in [0.1, 0.15) is 37.2 Å². The van der Waals surface area contributed by atoms with Gasteiger partial charge >= 0.3 is 0 Å². The largest absolute Gasteiger partial charge is 0.341 e. The van der Waals surface area contributed by atoms with Gasteiger partial charge in [-0.25, -0.2) is 4.98 Å². The minimum Gasteiger partial charge on any atom is -0.341 e. The number of nitrogens with two attached hydrogens (primary N) is 1. The van der Waals surface area contributed by atoms with Gasteiger partial charge in [-0.15, -0.1) is 21.3 Å². The van der Waals surface area contributed by atoms with Gasteiger partial charge in [-0.3, -0.25) is 9.88 Å². The summed E-state index contributed by atoms with van der Waals surface area (Å²) < 4.78 is 0. The molecule has 37 heavy (non-hydrogen) atoms. The van der Waals surface area contributed by atoms with Crippen LogP contribution in [-0.4, -0.2) is 119 Å². The number of pyridine rings is 1. The molecule has 0 unspecified atom stereocenters. The highest BCUT2D eigenvalue weighted by molar-refractivity contribution is 6.70. The zero-order chi connectivity index (χ0) is 27.8. The molecular formula is C21H18B11N5. The molecule has 1 aromatic carbocycles. The van der Waals surface area contributed by atoms with E-state index in [9.17, 15) is 0 Å². The van der Waals surface area contributed by atoms with E-state index >= 15 is 0 Å². The molecule has 3 aromatic rings. The Morgan fingerprint density at radius 2 is 1.51 bits per heavy atom. The predicted octanol–water partition coefficient (Wildman–Crippen LogP) is -4.60. The van der Waals surface area contributed by atoms with Crippen LogP contribution < -0.4 is 27.6 Å². The van der Waals surface area contributed by atoms with Gasteiger partial charge in [0, 0.05) is 36.3 Å². The summed E-state index contributed by atoms with van der Waals surface area (Å²) in [6, 6.07) is 3.29. The molecule has 160 valence electrons. The summed E-state index contributed by atoms with van der Waals surface area (Å²) in [7, 11) is 66.8. The van der Waals surface area contributed by atoms with Crippen molar-refractivity contribution in [1.29, 1.82) is 0 Å². The summed E-state index contributed by atoms with van der Waals surface area (Å²) in [5.41, 5.74) is 8.37. The Balaban J connectivity index is 1.99. The van der Waals surface area contributed by atoms with E-state index in [1.165, 1.54) is 0 Å². The topological polar surface area (TPSA) is 70.8 Å². The summed E-state index contributed by atoms with van der Waals surface area (Å²) in [5, 5.41) is -6.13. The highest BCUT2D eigenvalue weighted by Gasteiger charge is 2.44. The molecule has 2 heterocycles. The number of rotatable bonds is 11. The predicted molar refractivity (Wildman–Crippen MR) is 162 cm³/mol. The van der Waals surface area contributed by atoms with E-state index in [-0.39, 0.29) is 28.4 Å². The van der Waals surface area contributed by atoms with Crippen molar-refractivity contribution >= 4 is 119 Å². The van der Waals surface area contributed by atoms with Crippen molar-refractivity contribution in [2.75, 3.05) is 13.1 Å². The van der Waals surface area contributed by atoms with Crippen LogP contribution in [0.5, 0.6) is 0 Å². The molecule has 5 nitrogen and oxygen atoms in total. The lowest BCUT2D eigenvalue weighted by Gasteiger charge is -2.55. The van der Waals surface area contributed by atoms with Gasteiger partial charge in [0.2, 0.25) is 0 Å². The molecule has 0 saturated heterocycles. The van der Waals surface area contributed by atoms with Gasteiger partial charge in [-0.1, -0.05) is 22.2 Å². The monoisotopic (exact) mass is 461 g/mol. The number of unbranched alkanes of at least 4 members (excludes halogenated alkanes) is 1. The fourth-order valence-corrected chi connectivity index (χ4v) is 4.08. The van der Waals surface area contributed by atoms with Gasteiger partial charge in [-0.2, -0.15) is 0 Å². The Morgan fingerprint density at radius 1 is 0.865 bits per heavy atom. The minimum atomic E-state index is -2.10. The van der Waals surface area contributed by atoms with Crippen molar-refractivity contribution in [3.63, 3.8) is 0 Å². The Morgan fingerprint density at radius 3 is 2.14 bits per heavy atom. The molecule has 0 saturated carbocycles. The molecule has 0 atom stereocenters. The number of benzene rings is 1. The molecule has 0 aliphatic carbocycles. The van der Waals surface area contributed by atoms with Gasteiger partial charge in [0.15, 0.2) is 0 Å². The molecule has 22 radical (unpaired) electrons. The second kappa shape index (κ2) is 11.3. The number of imidazole rings is 1. The van der Waals surface area contributed by atoms with E-state index in [2.05, 4.69) is 19.9 Å². The highest BCUT2D eigenvalue weighted by Crippen LogP contribution is 2.51. The number of nitrogens with one attached hydrogen (secondary N) is 1. The molecule has 3 N–H and O–H groups in total. The molecule has 0 fully saturated rings. The summed E-state index contributed by atoms with van der Waals surface area (Å²) in [5.74, 6) is 0.576. The maximum absolute atomic E-state index is 6.41. The zero-order valence-corrected chi connectivity index (χ0v) is 20.7. The summed E-state index contributed by atoms with van der Waals surface area (Å²) in [4.78, 5) is 14.3. The summed E-state index contributed by atoms with van der Waals surface area (Å²) in [6.45, 7) is 1.81. The molecule has 0 amide bonds. The van der Waals surface area contributed by atoms with Crippen molar-refractivity contribution < 1.29 is 0 Å². The van der Waals surface area contributed by atoms with Crippen LogP contribution in [0.2, 0.25) is 10.3 Å². The number of aromatic nitrogens is 3. The first-order chi connectivity index (χ1) is 17.1. The van der Waals surface area contributed by atoms with Crippen LogP contribution in [0.1, 0.15) is 29.9 Å². The van der Waals surface area contributed by atoms with Crippen LogP contribution in [-0.2, 0) is 18.3 Å². The van der Waals surface area contributed by atoms with Gasteiger partial charge < -0.3 is 10.7 Å². The number of hydrogen-bond donors (Lipinski definition) is 2. The van der Waals surface area contributed by atoms with Crippen LogP contribution in [0.25, 0.3) is 11.0 Å². The summed E-state index contributed by atoms with van der Waals surface area (Å²) >= 11 is 0. The Labute approximate surface area is 234 Å². The zero-order valence-electron chi connectivity index (χ0n) is 20.7. The molecule has 3 rings (SSSR count). The van der Waals surface area contributed by atoms with Gasteiger partial charge in [0.05, 0.1) is 54.7 Å². The fourth-order valence-electron chi connectivity index (χ4n) is 4.08. The third-order valence-corrected chi connectivity index (χ3v) is 6.56. The maximum atomic E-state index is 6.41. The number of fused-ring (bicyclic) bond motifs is 1. The number of H-pyrrole nitrogens is 1. The molecule has 0 bridgehead atoms. The highest BCUT2D eigenvalue weighted by atomic mass is 15.2. The third-order valence-electron chi connectivity index (χ3n) is 6.56. The molecular weight excluding hydrogens is 441 g/mol. The lowest BCUT2D eigenvalue weighted by atomic mass is 9.13. The number of aromatic amines is 1. The lowest BCUT2D eigenvalue weighted by Crippen LogP contribution is -2.51. The van der Waals surface area contributed by atoms with E-state index in [1.54, 1.807) is 18.3 Å². The Bertz CT molecular complexity index is 1210. The van der Waals surface area contributed by atoms with E-state index in [0.717, 1.165) is 12.8 Å². The van der Waals surface area contributed by atoms with Crippen molar-refractivity contribution in [3.8, 4) is 0 Å². The molecule has 0 aliphatic rings. The second-order valence-electron chi connectivity index (χ2n) is 9.44. The van der Waals surface area contributed by atoms with Crippen LogP contribution in [0.3, 0.4) is 0 Å². The molecule has 0 spiro atoms. The maximum Gasteiger partial charge on any atom is 0.121 e. The van der Waals surface area contributed by atoms with Crippen LogP contribution in [0, 0.1) is 0 Å². The minimum absolute atomic E-state index is 0.186. The van der Waals surface area contributed by atoms with Crippen molar-refractivity contribution in [2.24, 2.45) is 5.73 Å². The third kappa shape index (κ3) is 5.90. The van der Waals surface area contributed by atoms with Crippen LogP contribution in [0.4, 0.5) is 0 Å². The average Bonchev–Trinajstić information content (AvgIpc) is 3.25. The molecule has 16 heteroatoms. The van der Waals surface area contributed by atoms with E-state index < -0.39 is 15.5 Å². The first kappa shape index (κ1) is 30.0. The average molecular weight is 459 g/mol. The fraction of sp³-hybridized carbons (Fsp3) is 0.429. The van der Waals surface area contributed by atoms with Crippen molar-refractivity contribution in [3.05, 3.63) is 35.4 Å². The number of hydrogen-bond acceptors (Lipinski definition) is 4. The van der Waals surface area contributed by atoms with Crippen LogP contribution >= 0.6 is 0 Å². The quantitative estimate of drug-likeness (QED) is 0.224. The SMILES string of the molecule is [B]c1c([B])c([B])c2[nH]c(CN(CCCCN)Cc3ncccc3C([B])([B])C([B])([B])C([B])([B])[B])nc2c1[B]. The van der Waals surface area contributed by atoms with Crippen LogP contribution in [0.15, 0.2) is 18.3 Å². The first-order valence-electron chi connectivity index (χ1n) is 11.6. The standard InChI is InChI=1S/C21H18B11N5/c22-13-14(23)16(25)18-17(15(13)24)35-12(36-18)9-37(7-2-1-5-33)8-11-10(4-3-6-34-11)19(26,27)20(28,29)21(30,31)32/h3-4,6H,1-2,5,7-9,33H2,(H,35,36). The Hall–Kier alpha value is -1.53. The first-order valence-corrected chi connectivity index (χ1v) is 11.6. The summed E-state index contributed by atoms with van der Waals surface area (Å²) in [6.07, 6.45) is 3.20. The second-order valence-corrected chi connectivity index (χ2v) is 9.44. The van der Waals surface area contributed by atoms with Gasteiger partial charge in [0.25, 0.3) is 0 Å². The number of nitrogens with zero attached hydrogens (tertiary/aromatic N) is 3. The van der Waals surface area contributed by atoms with Crippen molar-refractivity contribution in [2.45, 2.75) is 41.5 Å². The van der Waals surface area contributed by atoms with Crippen molar-refractivity contribution in [1.82, 2.24) is 19.9 Å². The Kier molecular flexibility index (Phi) is 9.17. The van der Waals surface area contributed by atoms with E-state index in [0.29, 0.717) is 47.7 Å². The van der Waals surface area contributed by atoms with E-state index in [1.807, 2.05) is 0 Å². The molecule has 2 aromatic heterocycles. The normalized spacial score (nSPS) is 12.9. The molecule has 0 aliphatic heterocycles. The smallest absolute Gasteiger partial charge is 0.121 e. The van der Waals surface area contributed by atoms with Gasteiger partial charge in [-0.05, 0) is 37.6 Å².